The van der Waals surface area contributed by atoms with Crippen LogP contribution in [-0.4, -0.2) is 53.5 Å². The van der Waals surface area contributed by atoms with Gasteiger partial charge in [0.15, 0.2) is 5.25 Å². The summed E-state index contributed by atoms with van der Waals surface area (Å²) in [6.07, 6.45) is -1.27. The number of carbonyl (C=O) groups is 4. The molecule has 1 saturated heterocycles. The molecule has 0 spiro atoms. The molecule has 0 bridgehead atoms. The predicted octanol–water partition coefficient (Wildman–Crippen LogP) is 3.24. The summed E-state index contributed by atoms with van der Waals surface area (Å²) >= 11 is 2.00. The monoisotopic (exact) mass is 641 g/mol. The molecule has 0 radical (unpaired) electrons. The minimum Gasteiger partial charge on any atom is -0.351 e. The van der Waals surface area contributed by atoms with Crippen LogP contribution in [0.3, 0.4) is 0 Å². The fourth-order valence-electron chi connectivity index (χ4n) is 2.92. The van der Waals surface area contributed by atoms with E-state index < -0.39 is 51.9 Å². The fourth-order valence-corrected chi connectivity index (χ4v) is 4.23. The smallest absolute Gasteiger partial charge is 0.334 e. The van der Waals surface area contributed by atoms with Crippen LogP contribution in [0.25, 0.3) is 10.4 Å². The highest BCUT2D eigenvalue weighted by Crippen LogP contribution is 2.27. The number of nitrogens with one attached hydrogen (secondary N) is 1. The van der Waals surface area contributed by atoms with E-state index in [4.69, 9.17) is 10.1 Å². The summed E-state index contributed by atoms with van der Waals surface area (Å²) in [5, 5.41) is 12.1. The van der Waals surface area contributed by atoms with Gasteiger partial charge in [-0.1, -0.05) is 5.11 Å². The van der Waals surface area contributed by atoms with E-state index in [1.165, 1.54) is 12.1 Å². The molecule has 1 aliphatic rings. The molecule has 1 heterocycles. The third-order valence-corrected chi connectivity index (χ3v) is 6.68. The van der Waals surface area contributed by atoms with Crippen molar-refractivity contribution in [3.05, 3.63) is 62.0 Å². The molecule has 1 fully saturated rings. The molecule has 192 valence electrons. The average molecular weight is 641 g/mol. The van der Waals surface area contributed by atoms with Crippen LogP contribution in [0.4, 0.5) is 17.1 Å². The number of carbonyl (C=O) groups excluding carboxylic acids is 4. The van der Waals surface area contributed by atoms with Crippen molar-refractivity contribution in [2.45, 2.75) is 18.1 Å². The Hall–Kier alpha value is -3.93. The number of benzene rings is 2. The van der Waals surface area contributed by atoms with Crippen molar-refractivity contribution in [1.82, 2.24) is 10.4 Å². The van der Waals surface area contributed by atoms with Gasteiger partial charge in [-0.2, -0.15) is 18.6 Å². The zero-order valence-corrected chi connectivity index (χ0v) is 21.5. The Bertz CT molecular complexity index is 1440. The molecule has 1 aliphatic heterocycles. The van der Waals surface area contributed by atoms with Crippen molar-refractivity contribution in [3.8, 4) is 0 Å². The first-order valence-electron chi connectivity index (χ1n) is 10.2. The minimum absolute atomic E-state index is 0.00854. The molecule has 0 aromatic heterocycles. The molecular weight excluding hydrogens is 625 g/mol. The molecule has 17 heteroatoms. The van der Waals surface area contributed by atoms with E-state index in [1.54, 1.807) is 30.3 Å². The summed E-state index contributed by atoms with van der Waals surface area (Å²) in [7, 11) is -4.83. The van der Waals surface area contributed by atoms with Gasteiger partial charge in [0.2, 0.25) is 0 Å². The van der Waals surface area contributed by atoms with E-state index in [9.17, 15) is 27.6 Å². The number of nitrogens with zero attached hydrogens (tertiary/aromatic N) is 6. The number of amides is 3. The van der Waals surface area contributed by atoms with Gasteiger partial charge in [-0.25, -0.2) is 4.79 Å². The second-order valence-electron chi connectivity index (χ2n) is 7.28. The van der Waals surface area contributed by atoms with Crippen LogP contribution in [-0.2, 0) is 29.3 Å². The van der Waals surface area contributed by atoms with Crippen LogP contribution in [0.5, 0.6) is 0 Å². The van der Waals surface area contributed by atoms with Gasteiger partial charge in [0.05, 0.1) is 29.9 Å². The van der Waals surface area contributed by atoms with Crippen molar-refractivity contribution in [1.29, 1.82) is 0 Å². The highest BCUT2D eigenvalue weighted by molar-refractivity contribution is 14.1. The maximum atomic E-state index is 12.3. The molecule has 0 aliphatic carbocycles. The summed E-state index contributed by atoms with van der Waals surface area (Å²) in [5.41, 5.74) is 10.2. The number of azide groups is 1. The molecule has 2 aromatic rings. The van der Waals surface area contributed by atoms with Crippen molar-refractivity contribution in [2.24, 2.45) is 15.3 Å². The van der Waals surface area contributed by atoms with Gasteiger partial charge in [0.1, 0.15) is 0 Å². The van der Waals surface area contributed by atoms with E-state index in [-0.39, 0.29) is 17.2 Å². The van der Waals surface area contributed by atoms with Crippen molar-refractivity contribution < 1.29 is 37.0 Å². The summed E-state index contributed by atoms with van der Waals surface area (Å²) in [4.78, 5) is 55.0. The molecule has 37 heavy (non-hydrogen) atoms. The quantitative estimate of drug-likeness (QED) is 0.103. The summed E-state index contributed by atoms with van der Waals surface area (Å²) in [5.74, 6) is -4.07. The summed E-state index contributed by atoms with van der Waals surface area (Å²) in [6, 6.07) is 11.0. The highest BCUT2D eigenvalue weighted by Gasteiger charge is 2.48. The van der Waals surface area contributed by atoms with Crippen LogP contribution in [0.15, 0.2) is 57.8 Å². The van der Waals surface area contributed by atoms with Crippen LogP contribution in [0.1, 0.15) is 23.2 Å². The Morgan fingerprint density at radius 1 is 1.16 bits per heavy atom. The molecule has 0 saturated carbocycles. The standard InChI is InChI=1S/C20H16IN7O8S/c21-14-9-13(5-6-15(14)26-27-22)25-24-12-3-1-11(2-4-12)19(31)23-8-7-18(30)36-28-17(29)10-16(20(28)32)37(33,34)35/h1-6,9,16H,7-8,10H2,(H,23,31)(H,33,34,35). The van der Waals surface area contributed by atoms with Gasteiger partial charge in [-0.3, -0.25) is 18.9 Å². The minimum atomic E-state index is -4.83. The van der Waals surface area contributed by atoms with E-state index in [0.29, 0.717) is 20.6 Å². The number of hydrogen-bond donors (Lipinski definition) is 2. The number of rotatable bonds is 9. The van der Waals surface area contributed by atoms with Gasteiger partial charge >= 0.3 is 5.97 Å². The number of hydroxylamine groups is 2. The molecule has 3 rings (SSSR count). The first kappa shape index (κ1) is 27.7. The van der Waals surface area contributed by atoms with Gasteiger partial charge in [-0.15, -0.1) is 5.06 Å². The maximum absolute atomic E-state index is 12.3. The van der Waals surface area contributed by atoms with E-state index in [2.05, 4.69) is 30.4 Å². The Labute approximate surface area is 222 Å². The maximum Gasteiger partial charge on any atom is 0.334 e. The highest BCUT2D eigenvalue weighted by atomic mass is 127. The second-order valence-corrected chi connectivity index (χ2v) is 10.0. The molecule has 2 N–H and O–H groups in total. The predicted molar refractivity (Wildman–Crippen MR) is 133 cm³/mol. The number of hydrogen-bond acceptors (Lipinski definition) is 10. The third kappa shape index (κ3) is 7.29. The first-order chi connectivity index (χ1) is 17.5. The number of halogens is 1. The van der Waals surface area contributed by atoms with Crippen molar-refractivity contribution in [2.75, 3.05) is 6.54 Å². The number of imide groups is 1. The van der Waals surface area contributed by atoms with Crippen LogP contribution >= 0.6 is 22.6 Å². The molecule has 15 nitrogen and oxygen atoms in total. The normalized spacial score (nSPS) is 15.5. The van der Waals surface area contributed by atoms with Gasteiger partial charge in [-0.05, 0) is 70.6 Å². The average Bonchev–Trinajstić information content (AvgIpc) is 3.13. The third-order valence-electron chi connectivity index (χ3n) is 4.72. The zero-order chi connectivity index (χ0) is 27.2. The molecule has 1 atom stereocenters. The lowest BCUT2D eigenvalue weighted by Gasteiger charge is -2.13. The molecule has 1 unspecified atom stereocenters. The first-order valence-corrected chi connectivity index (χ1v) is 12.8. The van der Waals surface area contributed by atoms with Crippen molar-refractivity contribution >= 4 is 73.5 Å². The van der Waals surface area contributed by atoms with E-state index in [0.717, 1.165) is 0 Å². The Kier molecular flexibility index (Phi) is 8.87. The Morgan fingerprint density at radius 2 is 1.81 bits per heavy atom. The lowest BCUT2D eigenvalue weighted by atomic mass is 10.2. The van der Waals surface area contributed by atoms with E-state index in [1.807, 2.05) is 22.6 Å². The number of azo groups is 1. The van der Waals surface area contributed by atoms with Crippen LogP contribution < -0.4 is 5.32 Å². The second kappa shape index (κ2) is 11.9. The SMILES string of the molecule is [N-]=[N+]=Nc1ccc(N=Nc2ccc(C(=O)NCCC(=O)ON3C(=O)CC(S(=O)(=O)O)C3=O)cc2)cc1I. The van der Waals surface area contributed by atoms with E-state index >= 15 is 0 Å². The van der Waals surface area contributed by atoms with Gasteiger partial charge < -0.3 is 10.2 Å². The summed E-state index contributed by atoms with van der Waals surface area (Å²) in [6.45, 7) is -0.207. The lowest BCUT2D eigenvalue weighted by molar-refractivity contribution is -0.197. The fraction of sp³-hybridized carbons (Fsp3) is 0.200. The zero-order valence-electron chi connectivity index (χ0n) is 18.5. The lowest BCUT2D eigenvalue weighted by Crippen LogP contribution is -2.37. The largest absolute Gasteiger partial charge is 0.351 e. The topological polar surface area (TPSA) is 221 Å². The van der Waals surface area contributed by atoms with Crippen molar-refractivity contribution in [3.63, 3.8) is 0 Å². The molecule has 3 amide bonds. The van der Waals surface area contributed by atoms with Crippen LogP contribution in [0, 0.1) is 3.57 Å². The Balaban J connectivity index is 1.49. The van der Waals surface area contributed by atoms with Gasteiger partial charge in [0, 0.05) is 20.6 Å². The van der Waals surface area contributed by atoms with Gasteiger partial charge in [0.25, 0.3) is 27.8 Å². The Morgan fingerprint density at radius 3 is 2.41 bits per heavy atom. The summed E-state index contributed by atoms with van der Waals surface area (Å²) < 4.78 is 31.9. The van der Waals surface area contributed by atoms with Crippen LogP contribution in [0.2, 0.25) is 0 Å². The molecule has 2 aromatic carbocycles. The molecular formula is C20H16IN7O8S.